The van der Waals surface area contributed by atoms with Crippen molar-refractivity contribution in [3.63, 3.8) is 0 Å². The third-order valence-electron chi connectivity index (χ3n) is 5.49. The topological polar surface area (TPSA) is 72.5 Å². The van der Waals surface area contributed by atoms with E-state index >= 15 is 0 Å². The maximum atomic E-state index is 12.7. The van der Waals surface area contributed by atoms with E-state index in [9.17, 15) is 4.79 Å². The van der Waals surface area contributed by atoms with Crippen molar-refractivity contribution in [2.45, 2.75) is 13.1 Å². The van der Waals surface area contributed by atoms with Crippen LogP contribution in [0.4, 0.5) is 5.69 Å². The van der Waals surface area contributed by atoms with E-state index in [-0.39, 0.29) is 18.3 Å². The van der Waals surface area contributed by atoms with Crippen molar-refractivity contribution in [2.24, 2.45) is 0 Å². The third kappa shape index (κ3) is 5.02. The van der Waals surface area contributed by atoms with Crippen LogP contribution in [0, 0.1) is 0 Å². The highest BCUT2D eigenvalue weighted by Crippen LogP contribution is 2.26. The van der Waals surface area contributed by atoms with Crippen LogP contribution >= 0.6 is 12.4 Å². The fourth-order valence-electron chi connectivity index (χ4n) is 3.82. The van der Waals surface area contributed by atoms with Gasteiger partial charge in [-0.25, -0.2) is 0 Å². The van der Waals surface area contributed by atoms with Crippen molar-refractivity contribution < 1.29 is 13.9 Å². The molecule has 3 heterocycles. The van der Waals surface area contributed by atoms with Crippen molar-refractivity contribution in [1.82, 2.24) is 14.7 Å². The summed E-state index contributed by atoms with van der Waals surface area (Å²) >= 11 is 0. The summed E-state index contributed by atoms with van der Waals surface area (Å²) in [6.07, 6.45) is 5.17. The Labute approximate surface area is 192 Å². The maximum absolute atomic E-state index is 12.7. The maximum Gasteiger partial charge on any atom is 0.258 e. The van der Waals surface area contributed by atoms with Crippen molar-refractivity contribution >= 4 is 35.0 Å². The number of hydrogen-bond acceptors (Lipinski definition) is 5. The monoisotopic (exact) mass is 452 g/mol. The number of fused-ring (bicyclic) bond motifs is 1. The molecule has 0 spiro atoms. The lowest BCUT2D eigenvalue weighted by molar-refractivity contribution is 0.0342. The summed E-state index contributed by atoms with van der Waals surface area (Å²) in [4.78, 5) is 15.1. The second-order valence-corrected chi connectivity index (χ2v) is 7.73. The first-order valence-corrected chi connectivity index (χ1v) is 10.4. The fraction of sp³-hybridized carbons (Fsp3) is 0.250. The molecular weight excluding hydrogens is 428 g/mol. The number of carbonyl (C=O) groups excluding carboxylic acids is 1. The van der Waals surface area contributed by atoms with Gasteiger partial charge < -0.3 is 14.5 Å². The molecule has 0 radical (unpaired) electrons. The summed E-state index contributed by atoms with van der Waals surface area (Å²) < 4.78 is 12.9. The van der Waals surface area contributed by atoms with E-state index in [0.717, 1.165) is 60.6 Å². The van der Waals surface area contributed by atoms with Crippen LogP contribution < -0.4 is 5.32 Å². The highest BCUT2D eigenvalue weighted by atomic mass is 35.5. The van der Waals surface area contributed by atoms with E-state index in [2.05, 4.69) is 15.3 Å². The Bertz CT molecular complexity index is 1180. The number of ether oxygens (including phenoxy) is 1. The van der Waals surface area contributed by atoms with Crippen LogP contribution in [0.5, 0.6) is 0 Å². The van der Waals surface area contributed by atoms with Gasteiger partial charge in [0.2, 0.25) is 0 Å². The Balaban J connectivity index is 0.00000245. The molecule has 7 nitrogen and oxygen atoms in total. The molecule has 1 aliphatic heterocycles. The second kappa shape index (κ2) is 9.99. The van der Waals surface area contributed by atoms with Gasteiger partial charge in [0, 0.05) is 42.5 Å². The summed E-state index contributed by atoms with van der Waals surface area (Å²) in [7, 11) is 0. The molecule has 1 amide bonds. The van der Waals surface area contributed by atoms with E-state index in [0.29, 0.717) is 12.1 Å². The zero-order valence-corrected chi connectivity index (χ0v) is 18.4. The molecule has 0 atom stereocenters. The van der Waals surface area contributed by atoms with Gasteiger partial charge >= 0.3 is 0 Å². The first-order chi connectivity index (χ1) is 15.2. The SMILES string of the molecule is Cl.O=C(Nc1ccc2occ(CN3CCOCC3)c2c1)c1cnn(Cc2ccccc2)c1. The molecule has 5 rings (SSSR count). The standard InChI is InChI=1S/C24H24N4O3.ClH/c29-24(19-13-25-28(16-19)14-18-4-2-1-3-5-18)26-21-6-7-23-22(12-21)20(17-31-23)15-27-8-10-30-11-9-27;/h1-7,12-13,16-17H,8-11,14-15H2,(H,26,29);1H. The van der Waals surface area contributed by atoms with Gasteiger partial charge in [0.25, 0.3) is 5.91 Å². The molecule has 2 aromatic carbocycles. The molecule has 0 aliphatic carbocycles. The van der Waals surface area contributed by atoms with E-state index < -0.39 is 0 Å². The molecule has 8 heteroatoms. The van der Waals surface area contributed by atoms with Crippen molar-refractivity contribution in [3.05, 3.63) is 83.9 Å². The highest BCUT2D eigenvalue weighted by Gasteiger charge is 2.15. The van der Waals surface area contributed by atoms with E-state index in [1.807, 2.05) is 48.5 Å². The van der Waals surface area contributed by atoms with Gasteiger partial charge in [-0.05, 0) is 23.8 Å². The Morgan fingerprint density at radius 3 is 2.69 bits per heavy atom. The Morgan fingerprint density at radius 1 is 1.06 bits per heavy atom. The summed E-state index contributed by atoms with van der Waals surface area (Å²) in [6, 6.07) is 15.8. The van der Waals surface area contributed by atoms with Crippen molar-refractivity contribution in [2.75, 3.05) is 31.6 Å². The lowest BCUT2D eigenvalue weighted by Crippen LogP contribution is -2.35. The van der Waals surface area contributed by atoms with E-state index in [1.54, 1.807) is 23.3 Å². The summed E-state index contributed by atoms with van der Waals surface area (Å²) in [5, 5.41) is 8.32. The molecule has 1 N–H and O–H groups in total. The molecule has 1 fully saturated rings. The summed E-state index contributed by atoms with van der Waals surface area (Å²) in [5.41, 5.74) is 4.33. The van der Waals surface area contributed by atoms with Gasteiger partial charge in [0.05, 0.1) is 37.8 Å². The van der Waals surface area contributed by atoms with Crippen LogP contribution in [-0.4, -0.2) is 46.9 Å². The number of amides is 1. The Kier molecular flexibility index (Phi) is 6.90. The zero-order valence-electron chi connectivity index (χ0n) is 17.6. The minimum atomic E-state index is -0.183. The number of morpholine rings is 1. The van der Waals surface area contributed by atoms with E-state index in [4.69, 9.17) is 9.15 Å². The summed E-state index contributed by atoms with van der Waals surface area (Å²) in [6.45, 7) is 4.77. The number of hydrogen-bond donors (Lipinski definition) is 1. The normalized spacial score (nSPS) is 14.2. The number of nitrogens with one attached hydrogen (secondary N) is 1. The largest absolute Gasteiger partial charge is 0.464 e. The van der Waals surface area contributed by atoms with Gasteiger partial charge in [0.15, 0.2) is 0 Å². The minimum absolute atomic E-state index is 0. The average molecular weight is 453 g/mol. The van der Waals surface area contributed by atoms with Crippen LogP contribution in [0.2, 0.25) is 0 Å². The molecular formula is C24H25ClN4O3. The number of rotatable bonds is 6. The van der Waals surface area contributed by atoms with Gasteiger partial charge in [-0.1, -0.05) is 30.3 Å². The molecule has 0 saturated carbocycles. The van der Waals surface area contributed by atoms with Gasteiger partial charge in [-0.3, -0.25) is 14.4 Å². The summed E-state index contributed by atoms with van der Waals surface area (Å²) in [5.74, 6) is -0.183. The molecule has 4 aromatic rings. The number of nitrogens with zero attached hydrogens (tertiary/aromatic N) is 3. The predicted molar refractivity (Wildman–Crippen MR) is 125 cm³/mol. The molecule has 2 aromatic heterocycles. The lowest BCUT2D eigenvalue weighted by atomic mass is 10.1. The fourth-order valence-corrected chi connectivity index (χ4v) is 3.82. The van der Waals surface area contributed by atoms with E-state index in [1.165, 1.54) is 0 Å². The van der Waals surface area contributed by atoms with Crippen LogP contribution in [0.25, 0.3) is 11.0 Å². The van der Waals surface area contributed by atoms with Crippen LogP contribution in [0.1, 0.15) is 21.5 Å². The number of benzene rings is 2. The quantitative estimate of drug-likeness (QED) is 0.475. The number of anilines is 1. The number of carbonyl (C=O) groups is 1. The number of halogens is 1. The van der Waals surface area contributed by atoms with Crippen molar-refractivity contribution in [3.8, 4) is 0 Å². The first-order valence-electron chi connectivity index (χ1n) is 10.4. The molecule has 1 saturated heterocycles. The number of furan rings is 1. The highest BCUT2D eigenvalue weighted by molar-refractivity contribution is 6.04. The zero-order chi connectivity index (χ0) is 21.0. The van der Waals surface area contributed by atoms with Crippen LogP contribution in [0.15, 0.2) is 71.6 Å². The average Bonchev–Trinajstić information content (AvgIpc) is 3.43. The molecule has 0 unspecified atom stereocenters. The number of aromatic nitrogens is 2. The Hall–Kier alpha value is -3.13. The minimum Gasteiger partial charge on any atom is -0.464 e. The van der Waals surface area contributed by atoms with Gasteiger partial charge in [-0.15, -0.1) is 12.4 Å². The Morgan fingerprint density at radius 2 is 1.88 bits per heavy atom. The van der Waals surface area contributed by atoms with Gasteiger partial charge in [-0.2, -0.15) is 5.10 Å². The van der Waals surface area contributed by atoms with Crippen LogP contribution in [0.3, 0.4) is 0 Å². The smallest absolute Gasteiger partial charge is 0.258 e. The molecule has 166 valence electrons. The van der Waals surface area contributed by atoms with Crippen molar-refractivity contribution in [1.29, 1.82) is 0 Å². The predicted octanol–water partition coefficient (Wildman–Crippen LogP) is 4.18. The molecule has 0 bridgehead atoms. The first kappa shape index (κ1) is 22.1. The van der Waals surface area contributed by atoms with Crippen LogP contribution in [-0.2, 0) is 17.8 Å². The van der Waals surface area contributed by atoms with Gasteiger partial charge in [0.1, 0.15) is 5.58 Å². The lowest BCUT2D eigenvalue weighted by Gasteiger charge is -2.26. The molecule has 32 heavy (non-hydrogen) atoms. The third-order valence-corrected chi connectivity index (χ3v) is 5.49. The second-order valence-electron chi connectivity index (χ2n) is 7.73. The molecule has 1 aliphatic rings.